The van der Waals surface area contributed by atoms with Gasteiger partial charge in [0.05, 0.1) is 11.1 Å². The number of nitrogens with zero attached hydrogens (tertiary/aromatic N) is 4. The first-order chi connectivity index (χ1) is 15.1. The zero-order chi connectivity index (χ0) is 21.6. The molecule has 0 bridgehead atoms. The van der Waals surface area contributed by atoms with E-state index in [1.165, 1.54) is 6.20 Å². The van der Waals surface area contributed by atoms with E-state index in [1.807, 2.05) is 30.3 Å². The molecule has 0 saturated carbocycles. The molecular formula is C23H16N4O3S. The van der Waals surface area contributed by atoms with Gasteiger partial charge in [-0.1, -0.05) is 48.5 Å². The Labute approximate surface area is 182 Å². The second kappa shape index (κ2) is 9.19. The molecule has 2 aromatic carbocycles. The minimum absolute atomic E-state index is 0.149. The number of carbonyl (C=O) groups excluding carboxylic acids is 2. The van der Waals surface area contributed by atoms with Crippen molar-refractivity contribution in [2.24, 2.45) is 15.2 Å². The van der Waals surface area contributed by atoms with Crippen LogP contribution in [0.15, 0.2) is 117 Å². The lowest BCUT2D eigenvalue weighted by Crippen LogP contribution is -2.20. The van der Waals surface area contributed by atoms with Crippen molar-refractivity contribution in [3.8, 4) is 0 Å². The lowest BCUT2D eigenvalue weighted by Gasteiger charge is -2.19. The Morgan fingerprint density at radius 2 is 1.58 bits per heavy atom. The van der Waals surface area contributed by atoms with Crippen molar-refractivity contribution >= 4 is 34.5 Å². The second-order valence-corrected chi connectivity index (χ2v) is 7.39. The van der Waals surface area contributed by atoms with Gasteiger partial charge in [0.25, 0.3) is 5.91 Å². The van der Waals surface area contributed by atoms with E-state index in [0.29, 0.717) is 27.4 Å². The van der Waals surface area contributed by atoms with Gasteiger partial charge in [0.15, 0.2) is 5.84 Å². The molecule has 0 saturated heterocycles. The standard InChI is InChI=1S/C23H16N4O3S/c28-20(16-7-3-1-4-8-16)17-11-13-27(14-12-17)21-19(31-23(30)25-21)15-24-26-22(29)18-9-5-2-6-10-18/h1-15,28H/b19-15-,26-24?. The number of thioether (sulfide) groups is 1. The van der Waals surface area contributed by atoms with Gasteiger partial charge in [0.2, 0.25) is 0 Å². The third-order valence-corrected chi connectivity index (χ3v) is 5.13. The summed E-state index contributed by atoms with van der Waals surface area (Å²) in [5, 5.41) is 17.6. The van der Waals surface area contributed by atoms with Crippen LogP contribution in [0.25, 0.3) is 5.76 Å². The minimum Gasteiger partial charge on any atom is -0.507 e. The Kier molecular flexibility index (Phi) is 6.00. The zero-order valence-electron chi connectivity index (χ0n) is 16.1. The summed E-state index contributed by atoms with van der Waals surface area (Å²) in [5.74, 6) is 0.0385. The van der Waals surface area contributed by atoms with Crippen molar-refractivity contribution < 1.29 is 14.7 Å². The average Bonchev–Trinajstić information content (AvgIpc) is 3.20. The van der Waals surface area contributed by atoms with E-state index in [4.69, 9.17) is 0 Å². The Bertz CT molecular complexity index is 1180. The zero-order valence-corrected chi connectivity index (χ0v) is 16.9. The van der Waals surface area contributed by atoms with Crippen LogP contribution < -0.4 is 0 Å². The highest BCUT2D eigenvalue weighted by atomic mass is 32.2. The number of rotatable bonds is 3. The highest BCUT2D eigenvalue weighted by Crippen LogP contribution is 2.31. The van der Waals surface area contributed by atoms with E-state index in [2.05, 4.69) is 15.2 Å². The van der Waals surface area contributed by atoms with Crippen LogP contribution in [0.1, 0.15) is 15.9 Å². The molecular weight excluding hydrogens is 412 g/mol. The fraction of sp³-hybridized carbons (Fsp3) is 0. The molecule has 2 aliphatic heterocycles. The Morgan fingerprint density at radius 1 is 0.968 bits per heavy atom. The van der Waals surface area contributed by atoms with Crippen LogP contribution in [-0.2, 0) is 0 Å². The van der Waals surface area contributed by atoms with Gasteiger partial charge in [-0.2, -0.15) is 10.1 Å². The van der Waals surface area contributed by atoms with Crippen molar-refractivity contribution in [2.45, 2.75) is 0 Å². The molecule has 1 N–H and O–H groups in total. The van der Waals surface area contributed by atoms with Crippen LogP contribution in [0.4, 0.5) is 4.79 Å². The van der Waals surface area contributed by atoms with Crippen molar-refractivity contribution in [3.05, 3.63) is 113 Å². The maximum atomic E-state index is 12.0. The van der Waals surface area contributed by atoms with Gasteiger partial charge in [0, 0.05) is 29.1 Å². The normalized spacial score (nSPS) is 17.0. The summed E-state index contributed by atoms with van der Waals surface area (Å²) in [6.07, 6.45) is 8.15. The van der Waals surface area contributed by atoms with Gasteiger partial charge in [-0.25, -0.2) is 0 Å². The molecule has 0 unspecified atom stereocenters. The quantitative estimate of drug-likeness (QED) is 0.500. The monoisotopic (exact) mass is 428 g/mol. The molecule has 152 valence electrons. The van der Waals surface area contributed by atoms with Crippen molar-refractivity contribution in [1.29, 1.82) is 0 Å². The fourth-order valence-electron chi connectivity index (χ4n) is 2.83. The Hall–Kier alpha value is -4.04. The van der Waals surface area contributed by atoms with Gasteiger partial charge in [0.1, 0.15) is 5.76 Å². The predicted molar refractivity (Wildman–Crippen MR) is 120 cm³/mol. The summed E-state index contributed by atoms with van der Waals surface area (Å²) >= 11 is 0.901. The number of aliphatic hydroxyl groups excluding tert-OH is 1. The van der Waals surface area contributed by atoms with Gasteiger partial charge in [-0.3, -0.25) is 9.59 Å². The number of benzene rings is 2. The Balaban J connectivity index is 1.50. The number of hydrogen-bond donors (Lipinski definition) is 1. The molecule has 2 amide bonds. The number of allylic oxidation sites excluding steroid dienone is 3. The van der Waals surface area contributed by atoms with E-state index in [0.717, 1.165) is 11.8 Å². The number of amides is 2. The first-order valence-electron chi connectivity index (χ1n) is 9.26. The van der Waals surface area contributed by atoms with E-state index < -0.39 is 5.91 Å². The summed E-state index contributed by atoms with van der Waals surface area (Å²) in [5.41, 5.74) is 1.75. The largest absolute Gasteiger partial charge is 0.507 e. The maximum Gasteiger partial charge on any atom is 0.311 e. The summed E-state index contributed by atoms with van der Waals surface area (Å²) in [4.78, 5) is 30.0. The summed E-state index contributed by atoms with van der Waals surface area (Å²) < 4.78 is 0. The molecule has 0 aliphatic carbocycles. The van der Waals surface area contributed by atoms with E-state index in [9.17, 15) is 14.7 Å². The van der Waals surface area contributed by atoms with Crippen molar-refractivity contribution in [1.82, 2.24) is 4.90 Å². The molecule has 0 fully saturated rings. The first-order valence-corrected chi connectivity index (χ1v) is 10.1. The van der Waals surface area contributed by atoms with Crippen molar-refractivity contribution in [3.63, 3.8) is 0 Å². The number of azo groups is 1. The number of aliphatic hydroxyl groups is 1. The summed E-state index contributed by atoms with van der Waals surface area (Å²) in [7, 11) is 0. The van der Waals surface area contributed by atoms with Gasteiger partial charge in [-0.05, 0) is 36.0 Å². The van der Waals surface area contributed by atoms with E-state index in [1.54, 1.807) is 59.8 Å². The van der Waals surface area contributed by atoms with E-state index >= 15 is 0 Å². The highest BCUT2D eigenvalue weighted by Gasteiger charge is 2.26. The molecule has 4 rings (SSSR count). The fourth-order valence-corrected chi connectivity index (χ4v) is 3.50. The third kappa shape index (κ3) is 4.76. The van der Waals surface area contributed by atoms with Crippen LogP contribution >= 0.6 is 11.8 Å². The van der Waals surface area contributed by atoms with Crippen LogP contribution in [-0.4, -0.2) is 27.0 Å². The summed E-state index contributed by atoms with van der Waals surface area (Å²) in [6.45, 7) is 0. The lowest BCUT2D eigenvalue weighted by molar-refractivity contribution is 0.0995. The first kappa shape index (κ1) is 20.2. The molecule has 2 heterocycles. The number of carbonyl (C=O) groups is 2. The summed E-state index contributed by atoms with van der Waals surface area (Å²) in [6, 6.07) is 17.8. The molecule has 8 heteroatoms. The Morgan fingerprint density at radius 3 is 2.23 bits per heavy atom. The van der Waals surface area contributed by atoms with Gasteiger partial charge in [-0.15, -0.1) is 5.11 Å². The SMILES string of the molecule is O=C1N=C(N2C=CC(=C(O)c3ccccc3)C=C2)/C(=C/N=NC(=O)c2ccccc2)S1. The smallest absolute Gasteiger partial charge is 0.311 e. The molecule has 2 aromatic rings. The van der Waals surface area contributed by atoms with Crippen LogP contribution in [0.5, 0.6) is 0 Å². The molecule has 0 atom stereocenters. The molecule has 0 aromatic heterocycles. The maximum absolute atomic E-state index is 12.0. The third-order valence-electron chi connectivity index (χ3n) is 4.35. The minimum atomic E-state index is -0.478. The van der Waals surface area contributed by atoms with Crippen LogP contribution in [0.2, 0.25) is 0 Å². The lowest BCUT2D eigenvalue weighted by atomic mass is 10.1. The topological polar surface area (TPSA) is 94.7 Å². The molecule has 31 heavy (non-hydrogen) atoms. The molecule has 0 spiro atoms. The van der Waals surface area contributed by atoms with Gasteiger partial charge >= 0.3 is 5.24 Å². The van der Waals surface area contributed by atoms with Crippen LogP contribution in [0, 0.1) is 0 Å². The second-order valence-electron chi connectivity index (χ2n) is 6.39. The van der Waals surface area contributed by atoms with Crippen molar-refractivity contribution in [2.75, 3.05) is 0 Å². The van der Waals surface area contributed by atoms with Crippen LogP contribution in [0.3, 0.4) is 0 Å². The number of aliphatic imine (C=N–C) groups is 1. The highest BCUT2D eigenvalue weighted by molar-refractivity contribution is 8.18. The molecule has 2 aliphatic rings. The number of amidine groups is 1. The molecule has 7 nitrogen and oxygen atoms in total. The van der Waals surface area contributed by atoms with Gasteiger partial charge < -0.3 is 10.0 Å². The molecule has 0 radical (unpaired) electrons. The number of hydrogen-bond acceptors (Lipinski definition) is 6. The average molecular weight is 428 g/mol. The predicted octanol–water partition coefficient (Wildman–Crippen LogP) is 5.70. The van der Waals surface area contributed by atoms with E-state index in [-0.39, 0.29) is 11.0 Å².